The highest BCUT2D eigenvalue weighted by atomic mass is 16.3. The average Bonchev–Trinajstić information content (AvgIpc) is 2.47. The van der Waals surface area contributed by atoms with Crippen molar-refractivity contribution in [3.63, 3.8) is 0 Å². The summed E-state index contributed by atoms with van der Waals surface area (Å²) in [6.07, 6.45) is 6.11. The van der Waals surface area contributed by atoms with Crippen LogP contribution in [-0.2, 0) is 17.9 Å². The number of nitrogens with one attached hydrogen (secondary N) is 1. The van der Waals surface area contributed by atoms with Crippen LogP contribution in [0.2, 0.25) is 0 Å². The van der Waals surface area contributed by atoms with E-state index in [0.717, 1.165) is 36.8 Å². The van der Waals surface area contributed by atoms with Crippen molar-refractivity contribution >= 4 is 5.91 Å². The van der Waals surface area contributed by atoms with Crippen LogP contribution in [0.3, 0.4) is 0 Å². The molecule has 1 aliphatic carbocycles. The normalized spacial score (nSPS) is 17.4. The Morgan fingerprint density at radius 2 is 1.86 bits per heavy atom. The van der Waals surface area contributed by atoms with Crippen LogP contribution in [0, 0.1) is 5.41 Å². The summed E-state index contributed by atoms with van der Waals surface area (Å²) in [5.74, 6) is -0.0301. The number of hydrogen-bond acceptors (Lipinski definition) is 2. The van der Waals surface area contributed by atoms with Gasteiger partial charge in [0, 0.05) is 12.6 Å². The Balaban J connectivity index is 1.88. The third-order valence-electron chi connectivity index (χ3n) is 4.32. The summed E-state index contributed by atoms with van der Waals surface area (Å²) in [5, 5.41) is 12.2. The maximum atomic E-state index is 12.0. The number of benzene rings is 1. The monoisotopic (exact) mass is 287 g/mol. The first-order chi connectivity index (χ1) is 10.00. The first kappa shape index (κ1) is 15.8. The van der Waals surface area contributed by atoms with Crippen molar-refractivity contribution in [1.29, 1.82) is 0 Å². The Morgan fingerprint density at radius 1 is 1.24 bits per heavy atom. The van der Waals surface area contributed by atoms with Crippen LogP contribution in [0.15, 0.2) is 35.9 Å². The van der Waals surface area contributed by atoms with Crippen molar-refractivity contribution < 1.29 is 9.90 Å². The lowest BCUT2D eigenvalue weighted by Crippen LogP contribution is -2.23. The molecule has 0 bridgehead atoms. The largest absolute Gasteiger partial charge is 0.392 e. The van der Waals surface area contributed by atoms with E-state index in [-0.39, 0.29) is 12.5 Å². The maximum absolute atomic E-state index is 12.0. The first-order valence-corrected chi connectivity index (χ1v) is 7.65. The summed E-state index contributed by atoms with van der Waals surface area (Å²) in [4.78, 5) is 12.0. The fourth-order valence-corrected chi connectivity index (χ4v) is 2.70. The highest BCUT2D eigenvalue weighted by Gasteiger charge is 2.23. The van der Waals surface area contributed by atoms with E-state index in [4.69, 9.17) is 0 Å². The Bertz CT molecular complexity index is 520. The van der Waals surface area contributed by atoms with Crippen LogP contribution in [0.1, 0.15) is 50.7 Å². The number of carbonyl (C=O) groups is 1. The van der Waals surface area contributed by atoms with Crippen LogP contribution in [0.25, 0.3) is 0 Å². The Hall–Kier alpha value is -1.61. The number of hydrogen-bond donors (Lipinski definition) is 2. The highest BCUT2D eigenvalue weighted by molar-refractivity contribution is 5.88. The van der Waals surface area contributed by atoms with E-state index < -0.39 is 0 Å². The van der Waals surface area contributed by atoms with Crippen molar-refractivity contribution in [2.75, 3.05) is 0 Å². The number of allylic oxidation sites excluding steroid dienone is 1. The molecule has 0 spiro atoms. The van der Waals surface area contributed by atoms with Gasteiger partial charge < -0.3 is 10.4 Å². The number of carbonyl (C=O) groups excluding carboxylic acids is 1. The van der Waals surface area contributed by atoms with Gasteiger partial charge in [-0.1, -0.05) is 43.7 Å². The Labute approximate surface area is 127 Å². The molecule has 1 aromatic carbocycles. The molecule has 1 aromatic rings. The molecule has 1 aliphatic rings. The van der Waals surface area contributed by atoms with Crippen LogP contribution in [-0.4, -0.2) is 11.0 Å². The fourth-order valence-electron chi connectivity index (χ4n) is 2.70. The molecule has 21 heavy (non-hydrogen) atoms. The predicted octanol–water partition coefficient (Wildman–Crippen LogP) is 3.32. The second-order valence-corrected chi connectivity index (χ2v) is 6.61. The smallest absolute Gasteiger partial charge is 0.244 e. The molecule has 0 aliphatic heterocycles. The van der Waals surface area contributed by atoms with Crippen molar-refractivity contribution in [3.05, 3.63) is 47.0 Å². The molecule has 0 aromatic heterocycles. The summed E-state index contributed by atoms with van der Waals surface area (Å²) in [5.41, 5.74) is 3.50. The zero-order valence-electron chi connectivity index (χ0n) is 13.0. The molecule has 0 saturated heterocycles. The van der Waals surface area contributed by atoms with Gasteiger partial charge >= 0.3 is 0 Å². The Kier molecular flexibility index (Phi) is 5.18. The lowest BCUT2D eigenvalue weighted by molar-refractivity contribution is -0.116. The molecular weight excluding hydrogens is 262 g/mol. The van der Waals surface area contributed by atoms with Crippen molar-refractivity contribution in [2.24, 2.45) is 5.41 Å². The van der Waals surface area contributed by atoms with E-state index in [0.29, 0.717) is 12.0 Å². The third kappa shape index (κ3) is 4.71. The minimum Gasteiger partial charge on any atom is -0.392 e. The molecule has 3 nitrogen and oxygen atoms in total. The zero-order chi connectivity index (χ0) is 15.3. The van der Waals surface area contributed by atoms with E-state index in [1.165, 1.54) is 5.57 Å². The molecular formula is C18H25NO2. The third-order valence-corrected chi connectivity index (χ3v) is 4.32. The molecule has 1 fully saturated rings. The molecule has 0 radical (unpaired) electrons. The molecule has 2 N–H and O–H groups in total. The highest BCUT2D eigenvalue weighted by Crippen LogP contribution is 2.37. The van der Waals surface area contributed by atoms with Gasteiger partial charge in [-0.05, 0) is 42.2 Å². The quantitative estimate of drug-likeness (QED) is 0.835. The fraction of sp³-hybridized carbons (Fsp3) is 0.500. The van der Waals surface area contributed by atoms with Crippen LogP contribution < -0.4 is 5.32 Å². The van der Waals surface area contributed by atoms with E-state index >= 15 is 0 Å². The average molecular weight is 287 g/mol. The van der Waals surface area contributed by atoms with Gasteiger partial charge in [-0.15, -0.1) is 0 Å². The molecule has 2 rings (SSSR count). The number of amides is 1. The van der Waals surface area contributed by atoms with Crippen molar-refractivity contribution in [2.45, 2.75) is 52.7 Å². The summed E-state index contributed by atoms with van der Waals surface area (Å²) in [6, 6.07) is 7.62. The van der Waals surface area contributed by atoms with Crippen LogP contribution in [0.4, 0.5) is 0 Å². The van der Waals surface area contributed by atoms with E-state index in [1.807, 2.05) is 24.3 Å². The topological polar surface area (TPSA) is 49.3 Å². The van der Waals surface area contributed by atoms with Gasteiger partial charge in [-0.3, -0.25) is 4.79 Å². The van der Waals surface area contributed by atoms with Gasteiger partial charge in [-0.25, -0.2) is 0 Å². The predicted molar refractivity (Wildman–Crippen MR) is 84.5 cm³/mol. The maximum Gasteiger partial charge on any atom is 0.244 e. The molecule has 0 atom stereocenters. The molecule has 1 amide bonds. The van der Waals surface area contributed by atoms with Crippen molar-refractivity contribution in [3.8, 4) is 0 Å². The zero-order valence-corrected chi connectivity index (χ0v) is 13.0. The standard InChI is InChI=1S/C18H25NO2/c1-18(2)9-7-14(8-10-18)11-17(21)19-12-15-5-3-4-6-16(15)13-20/h3-6,11,20H,7-10,12-13H2,1-2H3,(H,19,21). The first-order valence-electron chi connectivity index (χ1n) is 7.65. The minimum absolute atomic E-state index is 0.00220. The minimum atomic E-state index is -0.0301. The number of rotatable bonds is 4. The summed E-state index contributed by atoms with van der Waals surface area (Å²) >= 11 is 0. The van der Waals surface area contributed by atoms with Crippen LogP contribution in [0.5, 0.6) is 0 Å². The second-order valence-electron chi connectivity index (χ2n) is 6.61. The Morgan fingerprint density at radius 3 is 2.48 bits per heavy atom. The van der Waals surface area contributed by atoms with Crippen LogP contribution >= 0.6 is 0 Å². The summed E-state index contributed by atoms with van der Waals surface area (Å²) in [7, 11) is 0. The van der Waals surface area contributed by atoms with Gasteiger partial charge in [0.05, 0.1) is 6.61 Å². The molecule has 3 heteroatoms. The molecule has 1 saturated carbocycles. The van der Waals surface area contributed by atoms with Gasteiger partial charge in [0.25, 0.3) is 0 Å². The van der Waals surface area contributed by atoms with Gasteiger partial charge in [0.15, 0.2) is 0 Å². The van der Waals surface area contributed by atoms with E-state index in [9.17, 15) is 9.90 Å². The van der Waals surface area contributed by atoms with E-state index in [1.54, 1.807) is 6.08 Å². The summed E-state index contributed by atoms with van der Waals surface area (Å²) in [6.45, 7) is 5.04. The van der Waals surface area contributed by atoms with Gasteiger partial charge in [0.1, 0.15) is 0 Å². The van der Waals surface area contributed by atoms with Gasteiger partial charge in [0.2, 0.25) is 5.91 Å². The SMILES string of the molecule is CC1(C)CCC(=CC(=O)NCc2ccccc2CO)CC1. The molecule has 0 heterocycles. The number of aliphatic hydroxyl groups excluding tert-OH is 1. The summed E-state index contributed by atoms with van der Waals surface area (Å²) < 4.78 is 0. The molecule has 0 unspecified atom stereocenters. The lowest BCUT2D eigenvalue weighted by Gasteiger charge is -2.30. The molecule has 114 valence electrons. The van der Waals surface area contributed by atoms with Gasteiger partial charge in [-0.2, -0.15) is 0 Å². The van der Waals surface area contributed by atoms with Crippen molar-refractivity contribution in [1.82, 2.24) is 5.32 Å². The second kappa shape index (κ2) is 6.90. The number of aliphatic hydroxyl groups is 1. The van der Waals surface area contributed by atoms with E-state index in [2.05, 4.69) is 19.2 Å². The lowest BCUT2D eigenvalue weighted by atomic mass is 9.75.